The number of rotatable bonds is 5. The van der Waals surface area contributed by atoms with Crippen LogP contribution in [0.15, 0.2) is 40.5 Å². The van der Waals surface area contributed by atoms with E-state index in [2.05, 4.69) is 15.3 Å². The molecule has 0 amide bonds. The number of halogens is 1. The zero-order chi connectivity index (χ0) is 13.7. The third kappa shape index (κ3) is 3.35. The van der Waals surface area contributed by atoms with Gasteiger partial charge in [0.25, 0.3) is 0 Å². The molecule has 0 atom stereocenters. The molecule has 0 radical (unpaired) electrons. The lowest BCUT2D eigenvalue weighted by Crippen LogP contribution is -2.03. The normalized spacial score (nSPS) is 10.3. The summed E-state index contributed by atoms with van der Waals surface area (Å²) in [6.07, 6.45) is 1.46. The van der Waals surface area contributed by atoms with Crippen molar-refractivity contribution in [3.05, 3.63) is 36.4 Å². The second kappa shape index (κ2) is 6.38. The molecule has 4 nitrogen and oxygen atoms in total. The van der Waals surface area contributed by atoms with Crippen LogP contribution < -0.4 is 10.1 Å². The van der Waals surface area contributed by atoms with Gasteiger partial charge in [-0.05, 0) is 25.1 Å². The van der Waals surface area contributed by atoms with Crippen LogP contribution in [0.3, 0.4) is 0 Å². The van der Waals surface area contributed by atoms with E-state index in [4.69, 9.17) is 4.74 Å². The summed E-state index contributed by atoms with van der Waals surface area (Å²) >= 11 is 1.34. The third-order valence-corrected chi connectivity index (χ3v) is 3.30. The minimum absolute atomic E-state index is 0.273. The Morgan fingerprint density at radius 3 is 2.89 bits per heavy atom. The van der Waals surface area contributed by atoms with Crippen molar-refractivity contribution >= 4 is 17.6 Å². The highest BCUT2D eigenvalue weighted by Gasteiger charge is 2.13. The van der Waals surface area contributed by atoms with Gasteiger partial charge >= 0.3 is 0 Å². The van der Waals surface area contributed by atoms with Gasteiger partial charge in [0.2, 0.25) is 0 Å². The fraction of sp³-hybridized carbons (Fsp3) is 0.231. The number of nitrogens with one attached hydrogen (secondary N) is 1. The Bertz CT molecular complexity index is 565. The molecule has 1 aromatic heterocycles. The van der Waals surface area contributed by atoms with Crippen LogP contribution in [-0.4, -0.2) is 23.6 Å². The Kier molecular flexibility index (Phi) is 4.57. The van der Waals surface area contributed by atoms with Crippen molar-refractivity contribution in [2.75, 3.05) is 19.0 Å². The molecule has 1 N–H and O–H groups in total. The zero-order valence-corrected chi connectivity index (χ0v) is 11.5. The number of anilines is 1. The average Bonchev–Trinajstić information content (AvgIpc) is 2.39. The smallest absolute Gasteiger partial charge is 0.194 e. The number of benzene rings is 1. The minimum Gasteiger partial charge on any atom is -0.490 e. The van der Waals surface area contributed by atoms with Crippen LogP contribution in [0.4, 0.5) is 10.2 Å². The van der Waals surface area contributed by atoms with E-state index >= 15 is 0 Å². The van der Waals surface area contributed by atoms with Gasteiger partial charge in [-0.1, -0.05) is 17.8 Å². The van der Waals surface area contributed by atoms with Gasteiger partial charge in [0.1, 0.15) is 17.2 Å². The molecule has 0 spiro atoms. The third-order valence-electron chi connectivity index (χ3n) is 2.33. The largest absolute Gasteiger partial charge is 0.490 e. The average molecular weight is 279 g/mol. The van der Waals surface area contributed by atoms with Crippen LogP contribution in [0.5, 0.6) is 5.75 Å². The molecule has 0 aliphatic heterocycles. The van der Waals surface area contributed by atoms with E-state index in [1.165, 1.54) is 30.2 Å². The van der Waals surface area contributed by atoms with Crippen LogP contribution in [-0.2, 0) is 0 Å². The van der Waals surface area contributed by atoms with Crippen molar-refractivity contribution in [2.24, 2.45) is 0 Å². The van der Waals surface area contributed by atoms with Crippen LogP contribution in [0.2, 0.25) is 0 Å². The van der Waals surface area contributed by atoms with Crippen molar-refractivity contribution < 1.29 is 9.13 Å². The molecular formula is C13H14FN3OS. The predicted octanol–water partition coefficient (Wildman–Crippen LogP) is 3.21. The predicted molar refractivity (Wildman–Crippen MR) is 73.3 cm³/mol. The molecule has 1 heterocycles. The van der Waals surface area contributed by atoms with Gasteiger partial charge in [-0.2, -0.15) is 0 Å². The second-order valence-corrected chi connectivity index (χ2v) is 4.71. The molecule has 19 heavy (non-hydrogen) atoms. The van der Waals surface area contributed by atoms with Gasteiger partial charge < -0.3 is 10.1 Å². The molecule has 100 valence electrons. The van der Waals surface area contributed by atoms with Crippen molar-refractivity contribution in [3.63, 3.8) is 0 Å². The molecule has 2 aromatic rings. The summed E-state index contributed by atoms with van der Waals surface area (Å²) in [4.78, 5) is 9.07. The Balaban J connectivity index is 2.31. The maximum absolute atomic E-state index is 13.2. The molecule has 0 fully saturated rings. The number of ether oxygens (including phenoxy) is 1. The van der Waals surface area contributed by atoms with E-state index in [0.29, 0.717) is 16.6 Å². The topological polar surface area (TPSA) is 47.0 Å². The monoisotopic (exact) mass is 279 g/mol. The van der Waals surface area contributed by atoms with E-state index in [0.717, 1.165) is 11.4 Å². The molecule has 1 aromatic carbocycles. The quantitative estimate of drug-likeness (QED) is 0.852. The van der Waals surface area contributed by atoms with Crippen molar-refractivity contribution in [3.8, 4) is 5.75 Å². The maximum Gasteiger partial charge on any atom is 0.194 e. The van der Waals surface area contributed by atoms with Crippen LogP contribution in [0.25, 0.3) is 0 Å². The van der Waals surface area contributed by atoms with E-state index in [9.17, 15) is 4.39 Å². The molecule has 0 aliphatic rings. The number of aromatic nitrogens is 2. The molecule has 2 rings (SSSR count). The lowest BCUT2D eigenvalue weighted by Gasteiger charge is -2.11. The van der Waals surface area contributed by atoms with Crippen molar-refractivity contribution in [2.45, 2.75) is 16.8 Å². The van der Waals surface area contributed by atoms with Crippen LogP contribution in [0.1, 0.15) is 6.92 Å². The maximum atomic E-state index is 13.2. The highest BCUT2D eigenvalue weighted by Crippen LogP contribution is 2.36. The summed E-state index contributed by atoms with van der Waals surface area (Å²) in [5.74, 6) is 0.933. The zero-order valence-electron chi connectivity index (χ0n) is 10.7. The van der Waals surface area contributed by atoms with E-state index < -0.39 is 0 Å². The summed E-state index contributed by atoms with van der Waals surface area (Å²) in [6.45, 7) is 2.71. The summed E-state index contributed by atoms with van der Waals surface area (Å²) in [7, 11) is 1.56. The molecule has 0 saturated heterocycles. The summed E-state index contributed by atoms with van der Waals surface area (Å²) in [6, 6.07) is 6.35. The van der Waals surface area contributed by atoms with Gasteiger partial charge in [0, 0.05) is 11.4 Å². The van der Waals surface area contributed by atoms with E-state index in [-0.39, 0.29) is 5.82 Å². The molecule has 6 heteroatoms. The molecule has 0 aliphatic carbocycles. The first kappa shape index (κ1) is 13.6. The summed E-state index contributed by atoms with van der Waals surface area (Å²) in [5.41, 5.74) is 0. The Hall–Kier alpha value is -1.82. The number of nitrogens with zero attached hydrogens (tertiary/aromatic N) is 2. The summed E-state index contributed by atoms with van der Waals surface area (Å²) < 4.78 is 18.5. The van der Waals surface area contributed by atoms with Gasteiger partial charge in [0.05, 0.1) is 7.11 Å². The van der Waals surface area contributed by atoms with Gasteiger partial charge in [-0.3, -0.25) is 0 Å². The summed E-state index contributed by atoms with van der Waals surface area (Å²) in [5, 5.41) is 3.75. The van der Waals surface area contributed by atoms with Gasteiger partial charge in [0.15, 0.2) is 11.6 Å². The van der Waals surface area contributed by atoms with E-state index in [1.807, 2.05) is 13.0 Å². The Morgan fingerprint density at radius 1 is 1.37 bits per heavy atom. The second-order valence-electron chi connectivity index (χ2n) is 3.65. The molecule has 0 saturated carbocycles. The van der Waals surface area contributed by atoms with Gasteiger partial charge in [-0.15, -0.1) is 0 Å². The van der Waals surface area contributed by atoms with E-state index in [1.54, 1.807) is 13.2 Å². The number of hydrogen-bond donors (Lipinski definition) is 1. The van der Waals surface area contributed by atoms with Crippen molar-refractivity contribution in [1.82, 2.24) is 9.97 Å². The van der Waals surface area contributed by atoms with Crippen molar-refractivity contribution in [1.29, 1.82) is 0 Å². The first-order valence-corrected chi connectivity index (χ1v) is 6.62. The molecule has 0 unspecified atom stereocenters. The molecule has 0 bridgehead atoms. The minimum atomic E-state index is -0.273. The standard InChI is InChI=1S/C13H14FN3OS/c1-3-15-12-11(18-2)13(17-8-16-12)19-10-6-4-5-9(14)7-10/h4-8H,3H2,1-2H3,(H,15,16,17). The number of hydrogen-bond acceptors (Lipinski definition) is 5. The van der Waals surface area contributed by atoms with Crippen LogP contribution in [0, 0.1) is 5.82 Å². The first-order valence-electron chi connectivity index (χ1n) is 5.81. The lowest BCUT2D eigenvalue weighted by atomic mass is 10.4. The number of methoxy groups -OCH3 is 1. The lowest BCUT2D eigenvalue weighted by molar-refractivity contribution is 0.400. The SMILES string of the molecule is CCNc1ncnc(Sc2cccc(F)c2)c1OC. The first-order chi connectivity index (χ1) is 9.24. The Labute approximate surface area is 115 Å². The highest BCUT2D eigenvalue weighted by molar-refractivity contribution is 7.99. The fourth-order valence-corrected chi connectivity index (χ4v) is 2.46. The van der Waals surface area contributed by atoms with Gasteiger partial charge in [-0.25, -0.2) is 14.4 Å². The van der Waals surface area contributed by atoms with Crippen LogP contribution >= 0.6 is 11.8 Å². The Morgan fingerprint density at radius 2 is 2.21 bits per heavy atom. The highest BCUT2D eigenvalue weighted by atomic mass is 32.2. The fourth-order valence-electron chi connectivity index (χ4n) is 1.55. The molecular weight excluding hydrogens is 265 g/mol.